The zero-order chi connectivity index (χ0) is 12.3. The summed E-state index contributed by atoms with van der Waals surface area (Å²) in [6.07, 6.45) is 7.74. The second kappa shape index (κ2) is 3.46. The van der Waals surface area contributed by atoms with E-state index in [2.05, 4.69) is 5.11 Å². The third-order valence-electron chi connectivity index (χ3n) is 4.88. The van der Waals surface area contributed by atoms with Crippen molar-refractivity contribution >= 4 is 0 Å². The summed E-state index contributed by atoms with van der Waals surface area (Å²) in [7, 11) is 0. The van der Waals surface area contributed by atoms with Gasteiger partial charge in [0.15, 0.2) is 5.54 Å². The predicted molar refractivity (Wildman–Crippen MR) is 66.7 cm³/mol. The zero-order valence-electron chi connectivity index (χ0n) is 11.3. The van der Waals surface area contributed by atoms with E-state index in [0.29, 0.717) is 0 Å². The lowest BCUT2D eigenvalue weighted by molar-refractivity contribution is -0.606. The van der Waals surface area contributed by atoms with Crippen molar-refractivity contribution in [2.24, 2.45) is 22.9 Å². The number of hydrogen-bond acceptors (Lipinski definition) is 2. The van der Waals surface area contributed by atoms with Crippen LogP contribution in [-0.4, -0.2) is 15.9 Å². The van der Waals surface area contributed by atoms with Gasteiger partial charge < -0.3 is 5.21 Å². The monoisotopic (exact) mass is 236 g/mol. The highest BCUT2D eigenvalue weighted by molar-refractivity contribution is 5.05. The van der Waals surface area contributed by atoms with Crippen LogP contribution in [0, 0.1) is 23.0 Å². The first-order valence-corrected chi connectivity index (χ1v) is 7.06. The highest BCUT2D eigenvalue weighted by Gasteiger charge is 2.53. The highest BCUT2D eigenvalue weighted by Crippen LogP contribution is 2.57. The normalized spacial score (nSPS) is 45.4. The van der Waals surface area contributed by atoms with E-state index in [-0.39, 0.29) is 11.1 Å². The van der Waals surface area contributed by atoms with Gasteiger partial charge in [0.05, 0.1) is 0 Å². The van der Waals surface area contributed by atoms with E-state index < -0.39 is 0 Å². The molecule has 0 radical (unpaired) electrons. The second-order valence-electron chi connectivity index (χ2n) is 7.69. The van der Waals surface area contributed by atoms with Crippen LogP contribution in [0.2, 0.25) is 0 Å². The summed E-state index contributed by atoms with van der Waals surface area (Å²) in [5.41, 5.74) is -0.368. The Labute approximate surface area is 104 Å². The molecule has 0 unspecified atom stereocenters. The molecule has 0 spiro atoms. The third kappa shape index (κ3) is 1.98. The van der Waals surface area contributed by atoms with Gasteiger partial charge in [-0.1, -0.05) is 4.86 Å². The highest BCUT2D eigenvalue weighted by atomic mass is 16.5. The van der Waals surface area contributed by atoms with Crippen molar-refractivity contribution < 1.29 is 4.86 Å². The SMILES string of the molecule is CC(C)(C)[N+]([O-])=NC12CC3CC(CC(C3)C1)C2. The van der Waals surface area contributed by atoms with Crippen LogP contribution in [0.15, 0.2) is 5.11 Å². The third-order valence-corrected chi connectivity index (χ3v) is 4.88. The summed E-state index contributed by atoms with van der Waals surface area (Å²) in [5, 5.41) is 16.7. The van der Waals surface area contributed by atoms with Crippen molar-refractivity contribution in [3.63, 3.8) is 0 Å². The molecule has 0 heterocycles. The first kappa shape index (κ1) is 11.5. The van der Waals surface area contributed by atoms with Crippen LogP contribution in [0.4, 0.5) is 0 Å². The van der Waals surface area contributed by atoms with Crippen molar-refractivity contribution in [1.82, 2.24) is 0 Å². The molecular weight excluding hydrogens is 212 g/mol. The Bertz CT molecular complexity index is 318. The summed E-state index contributed by atoms with van der Waals surface area (Å²) in [6.45, 7) is 5.85. The molecule has 0 aromatic carbocycles. The summed E-state index contributed by atoms with van der Waals surface area (Å²) in [5.74, 6) is 2.58. The molecule has 0 saturated heterocycles. The summed E-state index contributed by atoms with van der Waals surface area (Å²) < 4.78 is 0. The Morgan fingerprint density at radius 3 is 1.76 bits per heavy atom. The minimum absolute atomic E-state index is 0.0176. The molecule has 3 nitrogen and oxygen atoms in total. The number of azo groups is 1. The molecule has 0 aromatic heterocycles. The van der Waals surface area contributed by atoms with Gasteiger partial charge in [0.25, 0.3) is 0 Å². The van der Waals surface area contributed by atoms with Crippen molar-refractivity contribution in [3.05, 3.63) is 5.21 Å². The molecule has 4 fully saturated rings. The van der Waals surface area contributed by atoms with E-state index in [1.54, 1.807) is 0 Å². The quantitative estimate of drug-likeness (QED) is 0.388. The maximum absolute atomic E-state index is 12.1. The largest absolute Gasteiger partial charge is 0.600 e. The smallest absolute Gasteiger partial charge is 0.190 e. The first-order valence-electron chi connectivity index (χ1n) is 7.06. The molecule has 0 aromatic rings. The van der Waals surface area contributed by atoms with E-state index >= 15 is 0 Å². The van der Waals surface area contributed by atoms with E-state index in [0.717, 1.165) is 22.6 Å². The summed E-state index contributed by atoms with van der Waals surface area (Å²) in [4.78, 5) is 0.986. The number of rotatable bonds is 1. The standard InChI is InChI=1S/C14H24N2O/c1-13(2,3)16(17)15-14-7-10-4-11(8-14)6-12(5-10)9-14/h10-12H,4-9H2,1-3H3. The van der Waals surface area contributed by atoms with Crippen LogP contribution in [0.1, 0.15) is 59.3 Å². The van der Waals surface area contributed by atoms with Crippen LogP contribution < -0.4 is 0 Å². The maximum atomic E-state index is 12.1. The van der Waals surface area contributed by atoms with Crippen molar-refractivity contribution in [1.29, 1.82) is 0 Å². The molecule has 3 heteroatoms. The van der Waals surface area contributed by atoms with Gasteiger partial charge in [-0.25, -0.2) is 0 Å². The molecule has 17 heavy (non-hydrogen) atoms. The fourth-order valence-electron chi connectivity index (χ4n) is 4.53. The van der Waals surface area contributed by atoms with Crippen LogP contribution in [0.5, 0.6) is 0 Å². The Kier molecular flexibility index (Phi) is 2.34. The van der Waals surface area contributed by atoms with Crippen LogP contribution in [-0.2, 0) is 0 Å². The average Bonchev–Trinajstić information content (AvgIpc) is 2.12. The van der Waals surface area contributed by atoms with Gasteiger partial charge in [-0.15, -0.1) is 0 Å². The second-order valence-corrected chi connectivity index (χ2v) is 7.69. The minimum atomic E-state index is -0.386. The molecule has 4 rings (SSSR count). The van der Waals surface area contributed by atoms with Gasteiger partial charge in [-0.3, -0.25) is 0 Å². The topological polar surface area (TPSA) is 38.4 Å². The lowest BCUT2D eigenvalue weighted by atomic mass is 9.53. The maximum Gasteiger partial charge on any atom is 0.190 e. The van der Waals surface area contributed by atoms with Crippen molar-refractivity contribution in [2.45, 2.75) is 70.4 Å². The van der Waals surface area contributed by atoms with Crippen LogP contribution >= 0.6 is 0 Å². The fourth-order valence-corrected chi connectivity index (χ4v) is 4.53. The molecule has 0 amide bonds. The Morgan fingerprint density at radius 1 is 1.00 bits per heavy atom. The van der Waals surface area contributed by atoms with Gasteiger partial charge in [0, 0.05) is 20.8 Å². The van der Waals surface area contributed by atoms with Gasteiger partial charge in [-0.2, -0.15) is 0 Å². The summed E-state index contributed by atoms with van der Waals surface area (Å²) >= 11 is 0. The van der Waals surface area contributed by atoms with Crippen LogP contribution in [0.25, 0.3) is 0 Å². The Morgan fingerprint density at radius 2 is 1.41 bits per heavy atom. The molecule has 4 saturated carbocycles. The van der Waals surface area contributed by atoms with Gasteiger partial charge in [-0.05, 0) is 61.4 Å². The van der Waals surface area contributed by atoms with E-state index in [9.17, 15) is 5.21 Å². The molecule has 0 atom stereocenters. The van der Waals surface area contributed by atoms with Crippen molar-refractivity contribution in [2.75, 3.05) is 0 Å². The van der Waals surface area contributed by atoms with Crippen molar-refractivity contribution in [3.8, 4) is 0 Å². The molecule has 4 aliphatic carbocycles. The van der Waals surface area contributed by atoms with E-state index in [4.69, 9.17) is 0 Å². The molecule has 4 bridgehead atoms. The Balaban J connectivity index is 1.87. The first-order chi connectivity index (χ1) is 7.86. The number of hydrogen-bond donors (Lipinski definition) is 0. The van der Waals surface area contributed by atoms with Gasteiger partial charge in [0.2, 0.25) is 0 Å². The molecule has 4 aliphatic rings. The predicted octanol–water partition coefficient (Wildman–Crippen LogP) is 3.72. The van der Waals surface area contributed by atoms with E-state index in [1.807, 2.05) is 20.8 Å². The van der Waals surface area contributed by atoms with Crippen LogP contribution in [0.3, 0.4) is 0 Å². The van der Waals surface area contributed by atoms with Gasteiger partial charge >= 0.3 is 0 Å². The fraction of sp³-hybridized carbons (Fsp3) is 1.00. The lowest BCUT2D eigenvalue weighted by Crippen LogP contribution is -2.50. The lowest BCUT2D eigenvalue weighted by Gasteiger charge is -2.53. The molecule has 0 N–H and O–H groups in total. The van der Waals surface area contributed by atoms with Gasteiger partial charge in [0.1, 0.15) is 5.54 Å². The molecule has 96 valence electrons. The zero-order valence-corrected chi connectivity index (χ0v) is 11.3. The summed E-state index contributed by atoms with van der Waals surface area (Å²) in [6, 6.07) is 0. The molecule has 0 aliphatic heterocycles. The van der Waals surface area contributed by atoms with E-state index in [1.165, 1.54) is 38.5 Å². The number of hydroxylamine groups is 1. The minimum Gasteiger partial charge on any atom is -0.600 e. The average molecular weight is 236 g/mol. The Hall–Kier alpha value is -0.600. The number of nitrogens with zero attached hydrogens (tertiary/aromatic N) is 2. The molecular formula is C14H24N2O.